The Labute approximate surface area is 409 Å². The van der Waals surface area contributed by atoms with Gasteiger partial charge in [0.25, 0.3) is 0 Å². The van der Waals surface area contributed by atoms with Crippen molar-refractivity contribution in [1.29, 1.82) is 0 Å². The first-order valence-corrected chi connectivity index (χ1v) is 28.2. The molecule has 3 unspecified atom stereocenters. The van der Waals surface area contributed by atoms with Gasteiger partial charge in [0.2, 0.25) is 5.91 Å². The zero-order valence-corrected chi connectivity index (χ0v) is 43.6. The predicted octanol–water partition coefficient (Wildman–Crippen LogP) is 17.3. The second-order valence-electron chi connectivity index (χ2n) is 19.1. The Balaban J connectivity index is 4.63. The van der Waals surface area contributed by atoms with E-state index in [-0.39, 0.29) is 24.9 Å². The van der Waals surface area contributed by atoms with Crippen LogP contribution in [-0.4, -0.2) is 46.9 Å². The monoisotopic (exact) mass is 922 g/mol. The molecule has 0 heterocycles. The standard InChI is InChI=1S/C60H107NO5/c1-4-7-10-13-16-19-22-25-28-29-30-32-35-38-41-44-47-50-53-60(65)66-56(51-48-45-42-39-36-33-27-24-21-18-15-12-9-6-3)54-59(64)61-57(55-62)58(63)52-49-46-43-40-37-34-31-26-23-20-17-14-11-8-5-2/h10,13,16,19,22,25,28-30,32-33,36,56-58,62-63H,4-9,11-12,14-15,17-18,20-21,23-24,26-27,31,34-35,37-55H2,1-3H3,(H,61,64)/b13-10+,19-16+,25-22+,29-28+,32-30+,36-33+. The van der Waals surface area contributed by atoms with Gasteiger partial charge in [-0.25, -0.2) is 0 Å². The molecule has 0 rings (SSSR count). The van der Waals surface area contributed by atoms with Crippen molar-refractivity contribution in [2.45, 2.75) is 289 Å². The summed E-state index contributed by atoms with van der Waals surface area (Å²) in [5, 5.41) is 23.9. The van der Waals surface area contributed by atoms with Crippen molar-refractivity contribution < 1.29 is 24.5 Å². The molecule has 0 bridgehead atoms. The highest BCUT2D eigenvalue weighted by atomic mass is 16.5. The number of rotatable bonds is 50. The molecule has 0 aliphatic heterocycles. The van der Waals surface area contributed by atoms with Crippen molar-refractivity contribution >= 4 is 11.9 Å². The number of unbranched alkanes of at least 4 members (excludes halogenated alkanes) is 30. The summed E-state index contributed by atoms with van der Waals surface area (Å²) in [7, 11) is 0. The number of nitrogens with one attached hydrogen (secondary N) is 1. The van der Waals surface area contributed by atoms with Gasteiger partial charge in [-0.05, 0) is 70.6 Å². The number of hydrogen-bond donors (Lipinski definition) is 3. The highest BCUT2D eigenvalue weighted by Gasteiger charge is 2.24. The largest absolute Gasteiger partial charge is 0.462 e. The van der Waals surface area contributed by atoms with E-state index in [2.05, 4.69) is 74.7 Å². The minimum absolute atomic E-state index is 0.0546. The number of aliphatic hydroxyl groups is 2. The molecule has 0 radical (unpaired) electrons. The van der Waals surface area contributed by atoms with Gasteiger partial charge in [-0.3, -0.25) is 9.59 Å². The van der Waals surface area contributed by atoms with E-state index in [0.29, 0.717) is 19.3 Å². The topological polar surface area (TPSA) is 95.9 Å². The van der Waals surface area contributed by atoms with Gasteiger partial charge in [0, 0.05) is 6.42 Å². The van der Waals surface area contributed by atoms with Crippen molar-refractivity contribution in [3.05, 3.63) is 72.9 Å². The van der Waals surface area contributed by atoms with Gasteiger partial charge in [-0.15, -0.1) is 0 Å². The lowest BCUT2D eigenvalue weighted by Crippen LogP contribution is -2.46. The molecule has 0 aromatic rings. The van der Waals surface area contributed by atoms with Crippen LogP contribution in [0.3, 0.4) is 0 Å². The van der Waals surface area contributed by atoms with Gasteiger partial charge in [0.05, 0.1) is 25.2 Å². The van der Waals surface area contributed by atoms with Crippen molar-refractivity contribution in [1.82, 2.24) is 5.32 Å². The molecule has 0 aromatic heterocycles. The zero-order valence-electron chi connectivity index (χ0n) is 43.6. The Hall–Kier alpha value is -2.70. The molecule has 0 spiro atoms. The van der Waals surface area contributed by atoms with Crippen LogP contribution < -0.4 is 5.32 Å². The van der Waals surface area contributed by atoms with E-state index in [1.807, 2.05) is 24.3 Å². The highest BCUT2D eigenvalue weighted by molar-refractivity contribution is 5.77. The fourth-order valence-corrected chi connectivity index (χ4v) is 8.34. The lowest BCUT2D eigenvalue weighted by atomic mass is 10.0. The van der Waals surface area contributed by atoms with Crippen LogP contribution >= 0.6 is 0 Å². The molecule has 3 atom stereocenters. The molecular weight excluding hydrogens is 815 g/mol. The van der Waals surface area contributed by atoms with Crippen molar-refractivity contribution in [3.8, 4) is 0 Å². The summed E-state index contributed by atoms with van der Waals surface area (Å²) in [6, 6.07) is -0.715. The van der Waals surface area contributed by atoms with Gasteiger partial charge < -0.3 is 20.3 Å². The summed E-state index contributed by atoms with van der Waals surface area (Å²) in [6.07, 6.45) is 68.1. The smallest absolute Gasteiger partial charge is 0.306 e. The second-order valence-corrected chi connectivity index (χ2v) is 19.1. The fourth-order valence-electron chi connectivity index (χ4n) is 8.34. The van der Waals surface area contributed by atoms with Crippen LogP contribution in [-0.2, 0) is 14.3 Å². The maximum Gasteiger partial charge on any atom is 0.306 e. The molecule has 0 aromatic carbocycles. The molecule has 1 amide bonds. The number of carbonyl (C=O) groups excluding carboxylic acids is 2. The van der Waals surface area contributed by atoms with Crippen LogP contribution in [0.2, 0.25) is 0 Å². The number of aliphatic hydroxyl groups excluding tert-OH is 2. The minimum atomic E-state index is -0.799. The molecule has 382 valence electrons. The summed E-state index contributed by atoms with van der Waals surface area (Å²) < 4.78 is 5.94. The highest BCUT2D eigenvalue weighted by Crippen LogP contribution is 2.18. The SMILES string of the molecule is CCC/C=C/C=C/C=C/C=C/C=C/CCCCCCCC(=O)OC(CCCCC/C=C/CCCCCCCCC)CC(=O)NC(CO)C(O)CCCCCCCCCCCCCCCCC. The van der Waals surface area contributed by atoms with E-state index >= 15 is 0 Å². The predicted molar refractivity (Wildman–Crippen MR) is 287 cm³/mol. The van der Waals surface area contributed by atoms with Crippen LogP contribution in [0, 0.1) is 0 Å². The Morgan fingerprint density at radius 2 is 0.818 bits per heavy atom. The van der Waals surface area contributed by atoms with Gasteiger partial charge in [-0.2, -0.15) is 0 Å². The quantitative estimate of drug-likeness (QED) is 0.0244. The molecule has 0 saturated heterocycles. The number of ether oxygens (including phenoxy) is 1. The number of esters is 1. The Morgan fingerprint density at radius 3 is 1.29 bits per heavy atom. The summed E-state index contributed by atoms with van der Waals surface area (Å²) in [5.74, 6) is -0.514. The number of amides is 1. The molecule has 6 heteroatoms. The van der Waals surface area contributed by atoms with E-state index in [1.165, 1.54) is 128 Å². The molecule has 0 aliphatic rings. The maximum atomic E-state index is 13.3. The molecule has 0 aliphatic carbocycles. The lowest BCUT2D eigenvalue weighted by Gasteiger charge is -2.24. The van der Waals surface area contributed by atoms with Crippen LogP contribution in [0.5, 0.6) is 0 Å². The van der Waals surface area contributed by atoms with E-state index < -0.39 is 18.2 Å². The summed E-state index contributed by atoms with van der Waals surface area (Å²) >= 11 is 0. The molecule has 0 fully saturated rings. The third-order valence-electron chi connectivity index (χ3n) is 12.6. The molecular formula is C60H107NO5. The van der Waals surface area contributed by atoms with Gasteiger partial charge >= 0.3 is 5.97 Å². The first-order chi connectivity index (χ1) is 32.5. The molecule has 0 saturated carbocycles. The minimum Gasteiger partial charge on any atom is -0.462 e. The number of carbonyl (C=O) groups is 2. The van der Waals surface area contributed by atoms with Gasteiger partial charge in [0.15, 0.2) is 0 Å². The van der Waals surface area contributed by atoms with Gasteiger partial charge in [-0.1, -0.05) is 261 Å². The number of hydrogen-bond acceptors (Lipinski definition) is 5. The summed E-state index contributed by atoms with van der Waals surface area (Å²) in [5.41, 5.74) is 0. The van der Waals surface area contributed by atoms with E-state index in [1.54, 1.807) is 0 Å². The Morgan fingerprint density at radius 1 is 0.439 bits per heavy atom. The second kappa shape index (κ2) is 53.3. The Kier molecular flexibility index (Phi) is 51.1. The number of allylic oxidation sites excluding steroid dienone is 12. The summed E-state index contributed by atoms with van der Waals surface area (Å²) in [4.78, 5) is 26.2. The molecule has 66 heavy (non-hydrogen) atoms. The fraction of sp³-hybridized carbons (Fsp3) is 0.767. The van der Waals surface area contributed by atoms with Crippen LogP contribution in [0.15, 0.2) is 72.9 Å². The van der Waals surface area contributed by atoms with E-state index in [4.69, 9.17) is 4.74 Å². The van der Waals surface area contributed by atoms with E-state index in [0.717, 1.165) is 96.3 Å². The summed E-state index contributed by atoms with van der Waals surface area (Å²) in [6.45, 7) is 6.40. The average molecular weight is 923 g/mol. The van der Waals surface area contributed by atoms with Crippen molar-refractivity contribution in [2.75, 3.05) is 6.61 Å². The maximum absolute atomic E-state index is 13.3. The third kappa shape index (κ3) is 47.8. The molecule has 3 N–H and O–H groups in total. The van der Waals surface area contributed by atoms with Gasteiger partial charge in [0.1, 0.15) is 6.10 Å². The van der Waals surface area contributed by atoms with E-state index in [9.17, 15) is 19.8 Å². The normalized spacial score (nSPS) is 13.7. The first kappa shape index (κ1) is 63.3. The third-order valence-corrected chi connectivity index (χ3v) is 12.6. The van der Waals surface area contributed by atoms with Crippen LogP contribution in [0.25, 0.3) is 0 Å². The average Bonchev–Trinajstić information content (AvgIpc) is 3.31. The van der Waals surface area contributed by atoms with Crippen LogP contribution in [0.4, 0.5) is 0 Å². The first-order valence-electron chi connectivity index (χ1n) is 28.2. The Bertz CT molecular complexity index is 1220. The van der Waals surface area contributed by atoms with Crippen LogP contribution in [0.1, 0.15) is 271 Å². The van der Waals surface area contributed by atoms with Crippen molar-refractivity contribution in [2.24, 2.45) is 0 Å². The van der Waals surface area contributed by atoms with Crippen molar-refractivity contribution in [3.63, 3.8) is 0 Å². The zero-order chi connectivity index (χ0) is 48.1. The lowest BCUT2D eigenvalue weighted by molar-refractivity contribution is -0.151. The molecule has 6 nitrogen and oxygen atoms in total.